The van der Waals surface area contributed by atoms with Crippen LogP contribution in [-0.4, -0.2) is 4.98 Å². The molecule has 0 saturated carbocycles. The molecule has 0 aliphatic carbocycles. The van der Waals surface area contributed by atoms with Crippen molar-refractivity contribution in [2.75, 3.05) is 0 Å². The average Bonchev–Trinajstić information content (AvgIpc) is 3.18. The van der Waals surface area contributed by atoms with Crippen LogP contribution in [0.1, 0.15) is 5.56 Å². The molecule has 0 aliphatic rings. The molecule has 140 valence electrons. The van der Waals surface area contributed by atoms with E-state index in [1.54, 1.807) is 18.3 Å². The van der Waals surface area contributed by atoms with Crippen LogP contribution in [-0.2, 0) is 6.18 Å². The van der Waals surface area contributed by atoms with Crippen molar-refractivity contribution >= 4 is 15.9 Å². The third-order valence-electron chi connectivity index (χ3n) is 4.58. The Morgan fingerprint density at radius 1 is 0.679 bits per heavy atom. The quantitative estimate of drug-likeness (QED) is 0.333. The Morgan fingerprint density at radius 2 is 1.36 bits per heavy atom. The molecular formula is C23H15BrF3N. The maximum absolute atomic E-state index is 13.6. The first kappa shape index (κ1) is 18.6. The normalized spacial score (nSPS) is 11.6. The molecular weight excluding hydrogens is 427 g/mol. The molecule has 4 rings (SSSR count). The maximum Gasteiger partial charge on any atom is 0.417 e. The second-order valence-electron chi connectivity index (χ2n) is 6.43. The molecule has 4 aromatic rings. The molecule has 0 spiro atoms. The van der Waals surface area contributed by atoms with Gasteiger partial charge in [-0.3, -0.25) is 0 Å². The van der Waals surface area contributed by atoms with Crippen molar-refractivity contribution < 1.29 is 13.2 Å². The van der Waals surface area contributed by atoms with Gasteiger partial charge in [-0.2, -0.15) is 13.2 Å². The number of nitrogens with one attached hydrogen (secondary N) is 1. The van der Waals surface area contributed by atoms with Gasteiger partial charge in [-0.15, -0.1) is 0 Å². The summed E-state index contributed by atoms with van der Waals surface area (Å²) in [5.41, 5.74) is 3.31. The number of H-pyrrole nitrogens is 1. The molecule has 0 saturated heterocycles. The Balaban J connectivity index is 1.83. The van der Waals surface area contributed by atoms with Crippen LogP contribution in [0.3, 0.4) is 0 Å². The second-order valence-corrected chi connectivity index (χ2v) is 7.35. The third-order valence-corrected chi connectivity index (χ3v) is 5.11. The van der Waals surface area contributed by atoms with E-state index >= 15 is 0 Å². The van der Waals surface area contributed by atoms with Gasteiger partial charge in [0.15, 0.2) is 0 Å². The Hall–Kier alpha value is -2.79. The van der Waals surface area contributed by atoms with E-state index in [0.717, 1.165) is 32.9 Å². The van der Waals surface area contributed by atoms with Gasteiger partial charge >= 0.3 is 6.18 Å². The first-order valence-electron chi connectivity index (χ1n) is 8.63. The van der Waals surface area contributed by atoms with E-state index in [4.69, 9.17) is 0 Å². The maximum atomic E-state index is 13.6. The minimum atomic E-state index is -4.43. The Kier molecular flexibility index (Phi) is 4.85. The van der Waals surface area contributed by atoms with Crippen LogP contribution in [0.25, 0.3) is 33.5 Å². The number of benzene rings is 3. The van der Waals surface area contributed by atoms with Gasteiger partial charge in [-0.25, -0.2) is 0 Å². The van der Waals surface area contributed by atoms with E-state index in [2.05, 4.69) is 20.9 Å². The standard InChI is InChI=1S/C23H15BrF3N/c24-19-9-6-15(7-10-19)17-8-11-21(23(25,26)27)20(12-17)18-13-22(28-14-18)16-4-2-1-3-5-16/h1-14,28H. The van der Waals surface area contributed by atoms with E-state index in [1.807, 2.05) is 54.6 Å². The van der Waals surface area contributed by atoms with E-state index in [1.165, 1.54) is 6.07 Å². The summed E-state index contributed by atoms with van der Waals surface area (Å²) < 4.78 is 41.8. The van der Waals surface area contributed by atoms with E-state index in [0.29, 0.717) is 5.56 Å². The van der Waals surface area contributed by atoms with Gasteiger partial charge < -0.3 is 4.98 Å². The van der Waals surface area contributed by atoms with Gasteiger partial charge in [0.2, 0.25) is 0 Å². The van der Waals surface area contributed by atoms with Gasteiger partial charge in [-0.1, -0.05) is 64.5 Å². The topological polar surface area (TPSA) is 15.8 Å². The van der Waals surface area contributed by atoms with Crippen LogP contribution in [0.4, 0.5) is 13.2 Å². The molecule has 5 heteroatoms. The molecule has 1 heterocycles. The SMILES string of the molecule is FC(F)(F)c1ccc(-c2ccc(Br)cc2)cc1-c1c[nH]c(-c2ccccc2)c1. The lowest BCUT2D eigenvalue weighted by Gasteiger charge is -2.14. The highest BCUT2D eigenvalue weighted by Crippen LogP contribution is 2.40. The summed E-state index contributed by atoms with van der Waals surface area (Å²) in [5.74, 6) is 0. The summed E-state index contributed by atoms with van der Waals surface area (Å²) >= 11 is 3.38. The highest BCUT2D eigenvalue weighted by molar-refractivity contribution is 9.10. The van der Waals surface area contributed by atoms with Gasteiger partial charge in [0.25, 0.3) is 0 Å². The van der Waals surface area contributed by atoms with Crippen LogP contribution >= 0.6 is 15.9 Å². The summed E-state index contributed by atoms with van der Waals surface area (Å²) in [5, 5.41) is 0. The van der Waals surface area contributed by atoms with Gasteiger partial charge in [0.05, 0.1) is 5.56 Å². The molecule has 0 unspecified atom stereocenters. The van der Waals surface area contributed by atoms with Crippen LogP contribution in [0.5, 0.6) is 0 Å². The molecule has 28 heavy (non-hydrogen) atoms. The lowest BCUT2D eigenvalue weighted by atomic mass is 9.95. The molecule has 0 bridgehead atoms. The smallest absolute Gasteiger partial charge is 0.361 e. The Morgan fingerprint density at radius 3 is 2.04 bits per heavy atom. The Bertz CT molecular complexity index is 1100. The lowest BCUT2D eigenvalue weighted by Crippen LogP contribution is -2.07. The Labute approximate surface area is 169 Å². The summed E-state index contributed by atoms with van der Waals surface area (Å²) in [6.45, 7) is 0. The zero-order valence-corrected chi connectivity index (χ0v) is 16.2. The summed E-state index contributed by atoms with van der Waals surface area (Å²) in [7, 11) is 0. The molecule has 0 atom stereocenters. The number of rotatable bonds is 3. The van der Waals surface area contributed by atoms with Crippen molar-refractivity contribution in [3.8, 4) is 33.5 Å². The van der Waals surface area contributed by atoms with Crippen molar-refractivity contribution in [2.24, 2.45) is 0 Å². The van der Waals surface area contributed by atoms with Crippen molar-refractivity contribution in [3.05, 3.63) is 95.1 Å². The predicted octanol–water partition coefficient (Wildman–Crippen LogP) is 7.80. The lowest BCUT2D eigenvalue weighted by molar-refractivity contribution is -0.137. The fourth-order valence-corrected chi connectivity index (χ4v) is 3.45. The minimum Gasteiger partial charge on any atom is -0.361 e. The fraction of sp³-hybridized carbons (Fsp3) is 0.0435. The van der Waals surface area contributed by atoms with Crippen LogP contribution < -0.4 is 0 Å². The highest BCUT2D eigenvalue weighted by Gasteiger charge is 2.34. The molecule has 1 nitrogen and oxygen atoms in total. The number of aromatic nitrogens is 1. The van der Waals surface area contributed by atoms with Crippen LogP contribution in [0, 0.1) is 0 Å². The minimum absolute atomic E-state index is 0.159. The fourth-order valence-electron chi connectivity index (χ4n) is 3.19. The highest BCUT2D eigenvalue weighted by atomic mass is 79.9. The van der Waals surface area contributed by atoms with Crippen LogP contribution in [0.15, 0.2) is 89.5 Å². The summed E-state index contributed by atoms with van der Waals surface area (Å²) in [4.78, 5) is 3.09. The number of aromatic amines is 1. The van der Waals surface area contributed by atoms with Crippen LogP contribution in [0.2, 0.25) is 0 Å². The molecule has 0 fully saturated rings. The zero-order chi connectivity index (χ0) is 19.7. The van der Waals surface area contributed by atoms with Gasteiger partial charge in [0.1, 0.15) is 0 Å². The number of hydrogen-bond acceptors (Lipinski definition) is 0. The summed E-state index contributed by atoms with van der Waals surface area (Å²) in [6.07, 6.45) is -2.81. The molecule has 3 aromatic carbocycles. The molecule has 0 aliphatic heterocycles. The average molecular weight is 442 g/mol. The first-order valence-corrected chi connectivity index (χ1v) is 9.42. The first-order chi connectivity index (χ1) is 13.4. The van der Waals surface area contributed by atoms with Crippen molar-refractivity contribution in [2.45, 2.75) is 6.18 Å². The van der Waals surface area contributed by atoms with Crippen molar-refractivity contribution in [3.63, 3.8) is 0 Å². The van der Waals surface area contributed by atoms with Crippen molar-refractivity contribution in [1.29, 1.82) is 0 Å². The van der Waals surface area contributed by atoms with Gasteiger partial charge in [-0.05, 0) is 52.6 Å². The van der Waals surface area contributed by atoms with E-state index in [9.17, 15) is 13.2 Å². The summed E-state index contributed by atoms with van der Waals surface area (Å²) in [6, 6.07) is 23.0. The third kappa shape index (κ3) is 3.76. The monoisotopic (exact) mass is 441 g/mol. The largest absolute Gasteiger partial charge is 0.417 e. The number of alkyl halides is 3. The second kappa shape index (κ2) is 7.32. The predicted molar refractivity (Wildman–Crippen MR) is 110 cm³/mol. The van der Waals surface area contributed by atoms with E-state index < -0.39 is 11.7 Å². The molecule has 0 amide bonds. The molecule has 0 radical (unpaired) electrons. The van der Waals surface area contributed by atoms with Gasteiger partial charge in [0, 0.05) is 21.9 Å². The number of hydrogen-bond donors (Lipinski definition) is 1. The molecule has 1 aromatic heterocycles. The van der Waals surface area contributed by atoms with Crippen molar-refractivity contribution in [1.82, 2.24) is 4.98 Å². The van der Waals surface area contributed by atoms with E-state index in [-0.39, 0.29) is 5.56 Å². The number of halogens is 4. The zero-order valence-electron chi connectivity index (χ0n) is 14.6. The molecule has 1 N–H and O–H groups in total.